The van der Waals surface area contributed by atoms with Crippen LogP contribution in [0, 0.1) is 6.92 Å². The summed E-state index contributed by atoms with van der Waals surface area (Å²) in [6.45, 7) is 2.28. The number of aryl methyl sites for hydroxylation is 1. The van der Waals surface area contributed by atoms with Gasteiger partial charge in [0.05, 0.1) is 5.52 Å². The van der Waals surface area contributed by atoms with Gasteiger partial charge in [0, 0.05) is 17.1 Å². The number of benzene rings is 1. The first-order chi connectivity index (χ1) is 8.16. The fraction of sp³-hybridized carbons (Fsp3) is 0.154. The molecule has 4 heteroatoms. The van der Waals surface area contributed by atoms with Crippen LogP contribution in [0.4, 0.5) is 0 Å². The van der Waals surface area contributed by atoms with Crippen LogP contribution in [0.1, 0.15) is 5.69 Å². The Morgan fingerprint density at radius 1 is 1.35 bits per heavy atom. The number of para-hydroxylation sites is 1. The maximum atomic E-state index is 5.63. The average Bonchev–Trinajstić information content (AvgIpc) is 2.28. The highest BCUT2D eigenvalue weighted by Crippen LogP contribution is 2.25. The van der Waals surface area contributed by atoms with E-state index in [1.54, 1.807) is 6.08 Å². The Balaban J connectivity index is 2.35. The molecule has 0 bridgehead atoms. The van der Waals surface area contributed by atoms with Crippen molar-refractivity contribution in [2.45, 2.75) is 6.92 Å². The van der Waals surface area contributed by atoms with Crippen molar-refractivity contribution >= 4 is 34.1 Å². The number of halogens is 2. The van der Waals surface area contributed by atoms with E-state index in [0.717, 1.165) is 22.3 Å². The van der Waals surface area contributed by atoms with Gasteiger partial charge in [0.15, 0.2) is 0 Å². The minimum absolute atomic E-state index is 0.208. The molecular formula is C13H11Cl2NO. The summed E-state index contributed by atoms with van der Waals surface area (Å²) in [4.78, 5) is 4.43. The summed E-state index contributed by atoms with van der Waals surface area (Å²) < 4.78 is 5.83. The van der Waals surface area contributed by atoms with Crippen molar-refractivity contribution in [2.75, 3.05) is 6.61 Å². The van der Waals surface area contributed by atoms with E-state index in [1.165, 1.54) is 0 Å². The van der Waals surface area contributed by atoms with E-state index < -0.39 is 0 Å². The molecule has 2 aromatic rings. The van der Waals surface area contributed by atoms with E-state index >= 15 is 0 Å². The van der Waals surface area contributed by atoms with Gasteiger partial charge < -0.3 is 4.74 Å². The maximum absolute atomic E-state index is 5.63. The van der Waals surface area contributed by atoms with Crippen LogP contribution < -0.4 is 4.74 Å². The molecule has 2 nitrogen and oxygen atoms in total. The second-order valence-electron chi connectivity index (χ2n) is 3.58. The van der Waals surface area contributed by atoms with E-state index in [2.05, 4.69) is 4.98 Å². The molecule has 0 fully saturated rings. The van der Waals surface area contributed by atoms with Crippen LogP contribution >= 0.6 is 23.2 Å². The predicted octanol–water partition coefficient (Wildman–Crippen LogP) is 4.24. The largest absolute Gasteiger partial charge is 0.489 e. The molecule has 0 atom stereocenters. The number of ether oxygens (including phenoxy) is 1. The highest BCUT2D eigenvalue weighted by Gasteiger charge is 2.03. The third-order valence-electron chi connectivity index (χ3n) is 2.28. The van der Waals surface area contributed by atoms with Crippen LogP contribution in [0.5, 0.6) is 5.75 Å². The zero-order valence-corrected chi connectivity index (χ0v) is 10.8. The monoisotopic (exact) mass is 267 g/mol. The molecule has 0 radical (unpaired) electrons. The molecule has 1 aromatic heterocycles. The van der Waals surface area contributed by atoms with Crippen molar-refractivity contribution < 1.29 is 4.74 Å². The summed E-state index contributed by atoms with van der Waals surface area (Å²) in [6.07, 6.45) is 1.60. The molecule has 0 unspecified atom stereocenters. The number of aromatic nitrogens is 1. The predicted molar refractivity (Wildman–Crippen MR) is 71.8 cm³/mol. The molecule has 1 aromatic carbocycles. The van der Waals surface area contributed by atoms with Gasteiger partial charge in [-0.25, -0.2) is 0 Å². The summed E-state index contributed by atoms with van der Waals surface area (Å²) in [5.41, 5.74) is 1.84. The van der Waals surface area contributed by atoms with Crippen molar-refractivity contribution in [3.63, 3.8) is 0 Å². The van der Waals surface area contributed by atoms with Gasteiger partial charge in [0.2, 0.25) is 0 Å². The molecular weight excluding hydrogens is 257 g/mol. The van der Waals surface area contributed by atoms with Crippen LogP contribution in [0.2, 0.25) is 0 Å². The molecule has 0 aliphatic carbocycles. The lowest BCUT2D eigenvalue weighted by molar-refractivity contribution is 0.366. The first-order valence-corrected chi connectivity index (χ1v) is 5.93. The van der Waals surface area contributed by atoms with Gasteiger partial charge >= 0.3 is 0 Å². The molecule has 0 spiro atoms. The summed E-state index contributed by atoms with van der Waals surface area (Å²) >= 11 is 11.1. The van der Waals surface area contributed by atoms with Gasteiger partial charge in [0.1, 0.15) is 16.8 Å². The minimum atomic E-state index is 0.208. The molecule has 0 saturated heterocycles. The van der Waals surface area contributed by atoms with Gasteiger partial charge in [0.25, 0.3) is 0 Å². The SMILES string of the molecule is Cc1cc(OCC=C(Cl)Cl)c2ccccc2n1. The summed E-state index contributed by atoms with van der Waals surface area (Å²) in [5, 5.41) is 0.984. The molecule has 17 heavy (non-hydrogen) atoms. The van der Waals surface area contributed by atoms with E-state index in [0.29, 0.717) is 6.61 Å². The topological polar surface area (TPSA) is 22.1 Å². The van der Waals surface area contributed by atoms with E-state index in [-0.39, 0.29) is 4.49 Å². The molecule has 0 aliphatic heterocycles. The number of fused-ring (bicyclic) bond motifs is 1. The highest BCUT2D eigenvalue weighted by molar-refractivity contribution is 6.55. The smallest absolute Gasteiger partial charge is 0.130 e. The van der Waals surface area contributed by atoms with Gasteiger partial charge in [-0.05, 0) is 25.1 Å². The molecule has 0 amide bonds. The van der Waals surface area contributed by atoms with Crippen molar-refractivity contribution in [1.82, 2.24) is 4.98 Å². The van der Waals surface area contributed by atoms with Crippen LogP contribution in [0.3, 0.4) is 0 Å². The maximum Gasteiger partial charge on any atom is 0.130 e. The quantitative estimate of drug-likeness (QED) is 0.830. The summed E-state index contributed by atoms with van der Waals surface area (Å²) in [6, 6.07) is 9.74. The number of hydrogen-bond acceptors (Lipinski definition) is 2. The third-order valence-corrected chi connectivity index (χ3v) is 2.59. The minimum Gasteiger partial charge on any atom is -0.489 e. The van der Waals surface area contributed by atoms with Crippen molar-refractivity contribution in [1.29, 1.82) is 0 Å². The zero-order valence-electron chi connectivity index (χ0n) is 9.28. The number of pyridine rings is 1. The van der Waals surface area contributed by atoms with Gasteiger partial charge in [-0.15, -0.1) is 0 Å². The van der Waals surface area contributed by atoms with Crippen molar-refractivity contribution in [2.24, 2.45) is 0 Å². The molecule has 1 heterocycles. The third kappa shape index (κ3) is 3.11. The van der Waals surface area contributed by atoms with Crippen LogP contribution in [-0.2, 0) is 0 Å². The van der Waals surface area contributed by atoms with Crippen molar-refractivity contribution in [3.05, 3.63) is 46.6 Å². The zero-order chi connectivity index (χ0) is 12.3. The number of hydrogen-bond donors (Lipinski definition) is 0. The van der Waals surface area contributed by atoms with Crippen molar-refractivity contribution in [3.8, 4) is 5.75 Å². The Bertz CT molecular complexity index is 562. The van der Waals surface area contributed by atoms with Crippen LogP contribution in [0.15, 0.2) is 40.9 Å². The van der Waals surface area contributed by atoms with Crippen LogP contribution in [-0.4, -0.2) is 11.6 Å². The Kier molecular flexibility index (Phi) is 3.87. The first kappa shape index (κ1) is 12.2. The Morgan fingerprint density at radius 2 is 2.12 bits per heavy atom. The fourth-order valence-electron chi connectivity index (χ4n) is 1.58. The van der Waals surface area contributed by atoms with Gasteiger partial charge in [-0.1, -0.05) is 35.3 Å². The molecule has 0 N–H and O–H groups in total. The summed E-state index contributed by atoms with van der Waals surface area (Å²) in [7, 11) is 0. The molecule has 88 valence electrons. The Morgan fingerprint density at radius 3 is 2.88 bits per heavy atom. The van der Waals surface area contributed by atoms with E-state index in [1.807, 2.05) is 37.3 Å². The van der Waals surface area contributed by atoms with E-state index in [9.17, 15) is 0 Å². The lowest BCUT2D eigenvalue weighted by atomic mass is 10.2. The second kappa shape index (κ2) is 5.39. The molecule has 0 aliphatic rings. The molecule has 2 rings (SSSR count). The normalized spacial score (nSPS) is 10.3. The standard InChI is InChI=1S/C13H11Cl2NO/c1-9-8-12(17-7-6-13(14)15)10-4-2-3-5-11(10)16-9/h2-6,8H,7H2,1H3. The van der Waals surface area contributed by atoms with Gasteiger partial charge in [-0.3, -0.25) is 4.98 Å². The average molecular weight is 268 g/mol. The Hall–Kier alpha value is -1.25. The lowest BCUT2D eigenvalue weighted by Gasteiger charge is -2.08. The van der Waals surface area contributed by atoms with Gasteiger partial charge in [-0.2, -0.15) is 0 Å². The first-order valence-electron chi connectivity index (χ1n) is 5.17. The van der Waals surface area contributed by atoms with E-state index in [4.69, 9.17) is 27.9 Å². The number of rotatable bonds is 3. The van der Waals surface area contributed by atoms with Crippen LogP contribution in [0.25, 0.3) is 10.9 Å². The lowest BCUT2D eigenvalue weighted by Crippen LogP contribution is -1.96. The summed E-state index contributed by atoms with van der Waals surface area (Å²) in [5.74, 6) is 0.791. The Labute approximate surface area is 110 Å². The molecule has 0 saturated carbocycles. The highest BCUT2D eigenvalue weighted by atomic mass is 35.5. The number of nitrogens with zero attached hydrogens (tertiary/aromatic N) is 1. The second-order valence-corrected chi connectivity index (χ2v) is 4.59. The fourth-order valence-corrected chi connectivity index (χ4v) is 1.71.